The Balaban J connectivity index is 2.69. The first-order chi connectivity index (χ1) is 8.02. The van der Waals surface area contributed by atoms with E-state index in [0.29, 0.717) is 15.6 Å². The second-order valence-corrected chi connectivity index (χ2v) is 4.17. The van der Waals surface area contributed by atoms with Crippen LogP contribution in [0, 0.1) is 11.8 Å². The molecule has 1 aromatic carbocycles. The molecule has 5 heteroatoms. The number of hydrogen-bond acceptors (Lipinski definition) is 3. The molecule has 1 aromatic rings. The summed E-state index contributed by atoms with van der Waals surface area (Å²) >= 11 is 11.6. The molecule has 1 atom stereocenters. The number of hydrogen-bond donors (Lipinski definition) is 1. The average molecular weight is 272 g/mol. The Morgan fingerprint density at radius 3 is 2.53 bits per heavy atom. The number of carbonyl (C=O) groups is 1. The minimum absolute atomic E-state index is 0.219. The van der Waals surface area contributed by atoms with Crippen LogP contribution in [0.4, 0.5) is 0 Å². The highest BCUT2D eigenvalue weighted by atomic mass is 35.5. The molecule has 0 radical (unpaired) electrons. The van der Waals surface area contributed by atoms with Gasteiger partial charge in [0.1, 0.15) is 6.04 Å². The number of carbonyl (C=O) groups excluding carboxylic acids is 1. The zero-order chi connectivity index (χ0) is 12.8. The van der Waals surface area contributed by atoms with Crippen molar-refractivity contribution in [3.05, 3.63) is 33.8 Å². The number of rotatable bonds is 2. The van der Waals surface area contributed by atoms with Crippen molar-refractivity contribution in [3.63, 3.8) is 0 Å². The van der Waals surface area contributed by atoms with Crippen molar-refractivity contribution >= 4 is 29.2 Å². The van der Waals surface area contributed by atoms with Crippen molar-refractivity contribution < 1.29 is 9.53 Å². The van der Waals surface area contributed by atoms with E-state index in [9.17, 15) is 4.79 Å². The van der Waals surface area contributed by atoms with Crippen LogP contribution in [0.5, 0.6) is 0 Å². The third-order valence-corrected chi connectivity index (χ3v) is 2.36. The van der Waals surface area contributed by atoms with Crippen LogP contribution in [0.3, 0.4) is 0 Å². The molecule has 1 rings (SSSR count). The van der Waals surface area contributed by atoms with Crippen molar-refractivity contribution in [1.29, 1.82) is 0 Å². The number of benzene rings is 1. The molecule has 1 unspecified atom stereocenters. The predicted molar refractivity (Wildman–Crippen MR) is 67.9 cm³/mol. The molecule has 0 amide bonds. The summed E-state index contributed by atoms with van der Waals surface area (Å²) in [6.45, 7) is 0. The van der Waals surface area contributed by atoms with Gasteiger partial charge in [0.25, 0.3) is 0 Å². The minimum Gasteiger partial charge on any atom is -0.468 e. The van der Waals surface area contributed by atoms with Gasteiger partial charge in [-0.2, -0.15) is 0 Å². The summed E-state index contributed by atoms with van der Waals surface area (Å²) in [6.07, 6.45) is 0.219. The minimum atomic E-state index is -0.734. The molecule has 90 valence electrons. The maximum Gasteiger partial charge on any atom is 0.323 e. The van der Waals surface area contributed by atoms with Crippen LogP contribution in [0.25, 0.3) is 0 Å². The highest BCUT2D eigenvalue weighted by Gasteiger charge is 2.10. The number of nitrogens with two attached hydrogens (primary N) is 1. The Bertz CT molecular complexity index is 457. The van der Waals surface area contributed by atoms with Gasteiger partial charge in [-0.05, 0) is 18.2 Å². The zero-order valence-electron chi connectivity index (χ0n) is 9.17. The van der Waals surface area contributed by atoms with Crippen molar-refractivity contribution in [3.8, 4) is 11.8 Å². The summed E-state index contributed by atoms with van der Waals surface area (Å²) in [7, 11) is 1.28. The van der Waals surface area contributed by atoms with E-state index in [1.54, 1.807) is 18.2 Å². The molecule has 0 aromatic heterocycles. The Kier molecular flexibility index (Phi) is 5.30. The largest absolute Gasteiger partial charge is 0.468 e. The van der Waals surface area contributed by atoms with E-state index in [2.05, 4.69) is 16.6 Å². The topological polar surface area (TPSA) is 52.3 Å². The van der Waals surface area contributed by atoms with E-state index in [4.69, 9.17) is 28.9 Å². The van der Waals surface area contributed by atoms with Gasteiger partial charge in [-0.3, -0.25) is 4.79 Å². The van der Waals surface area contributed by atoms with E-state index in [1.807, 2.05) is 0 Å². The summed E-state index contributed by atoms with van der Waals surface area (Å²) < 4.78 is 4.48. The lowest BCUT2D eigenvalue weighted by Crippen LogP contribution is -2.30. The second kappa shape index (κ2) is 6.51. The van der Waals surface area contributed by atoms with Gasteiger partial charge in [0.2, 0.25) is 0 Å². The molecule has 17 heavy (non-hydrogen) atoms. The summed E-state index contributed by atoms with van der Waals surface area (Å²) in [5.74, 6) is 5.12. The maximum absolute atomic E-state index is 11.0. The van der Waals surface area contributed by atoms with Gasteiger partial charge in [0, 0.05) is 22.0 Å². The van der Waals surface area contributed by atoms with Gasteiger partial charge in [-0.25, -0.2) is 0 Å². The van der Waals surface area contributed by atoms with Gasteiger partial charge in [0.05, 0.1) is 7.11 Å². The Labute approximate surface area is 110 Å². The number of esters is 1. The first-order valence-electron chi connectivity index (χ1n) is 4.81. The van der Waals surface area contributed by atoms with Gasteiger partial charge >= 0.3 is 5.97 Å². The molecule has 0 saturated carbocycles. The highest BCUT2D eigenvalue weighted by molar-refractivity contribution is 6.34. The normalized spacial score (nSPS) is 11.3. The lowest BCUT2D eigenvalue weighted by molar-refractivity contribution is -0.142. The molecular formula is C12H11Cl2NO2. The molecule has 0 spiro atoms. The maximum atomic E-state index is 11.0. The third-order valence-electron chi connectivity index (χ3n) is 1.92. The molecule has 0 heterocycles. The van der Waals surface area contributed by atoms with Crippen LogP contribution in [-0.4, -0.2) is 19.1 Å². The van der Waals surface area contributed by atoms with E-state index < -0.39 is 12.0 Å². The average Bonchev–Trinajstić information content (AvgIpc) is 2.26. The summed E-state index contributed by atoms with van der Waals surface area (Å²) in [6, 6.07) is 4.25. The molecule has 0 aliphatic rings. The van der Waals surface area contributed by atoms with Crippen molar-refractivity contribution in [1.82, 2.24) is 0 Å². The monoisotopic (exact) mass is 271 g/mol. The zero-order valence-corrected chi connectivity index (χ0v) is 10.7. The van der Waals surface area contributed by atoms with Crippen LogP contribution < -0.4 is 5.73 Å². The van der Waals surface area contributed by atoms with Crippen LogP contribution in [0.1, 0.15) is 12.0 Å². The molecule has 0 fully saturated rings. The predicted octanol–water partition coefficient (Wildman–Crippen LogP) is 2.24. The molecule has 0 bridgehead atoms. The first kappa shape index (κ1) is 13.9. The molecule has 0 aliphatic heterocycles. The van der Waals surface area contributed by atoms with Gasteiger partial charge < -0.3 is 10.5 Å². The fraction of sp³-hybridized carbons (Fsp3) is 0.250. The number of halogens is 2. The number of methoxy groups -OCH3 is 1. The van der Waals surface area contributed by atoms with Crippen LogP contribution >= 0.6 is 23.2 Å². The van der Waals surface area contributed by atoms with Crippen molar-refractivity contribution in [2.45, 2.75) is 12.5 Å². The van der Waals surface area contributed by atoms with Crippen LogP contribution in [-0.2, 0) is 9.53 Å². The molecular weight excluding hydrogens is 261 g/mol. The van der Waals surface area contributed by atoms with E-state index in [0.717, 1.165) is 0 Å². The Morgan fingerprint density at radius 2 is 2.00 bits per heavy atom. The second-order valence-electron chi connectivity index (χ2n) is 3.29. The van der Waals surface area contributed by atoms with E-state index in [1.165, 1.54) is 7.11 Å². The third kappa shape index (κ3) is 4.66. The molecule has 0 saturated heterocycles. The molecule has 3 nitrogen and oxygen atoms in total. The lowest BCUT2D eigenvalue weighted by Gasteiger charge is -2.03. The highest BCUT2D eigenvalue weighted by Crippen LogP contribution is 2.18. The van der Waals surface area contributed by atoms with E-state index >= 15 is 0 Å². The SMILES string of the molecule is COC(=O)C(N)CC#Cc1cc(Cl)cc(Cl)c1. The fourth-order valence-corrected chi connectivity index (χ4v) is 1.65. The van der Waals surface area contributed by atoms with Crippen molar-refractivity contribution in [2.24, 2.45) is 5.73 Å². The van der Waals surface area contributed by atoms with Gasteiger partial charge in [0.15, 0.2) is 0 Å². The summed E-state index contributed by atoms with van der Waals surface area (Å²) in [4.78, 5) is 11.0. The quantitative estimate of drug-likeness (QED) is 0.663. The van der Waals surface area contributed by atoms with E-state index in [-0.39, 0.29) is 6.42 Å². The lowest BCUT2D eigenvalue weighted by atomic mass is 10.2. The summed E-state index contributed by atoms with van der Waals surface area (Å²) in [5.41, 5.74) is 6.20. The Morgan fingerprint density at radius 1 is 1.41 bits per heavy atom. The Hall–Kier alpha value is -1.21. The summed E-state index contributed by atoms with van der Waals surface area (Å²) in [5, 5.41) is 1.03. The van der Waals surface area contributed by atoms with Crippen LogP contribution in [0.15, 0.2) is 18.2 Å². The molecule has 2 N–H and O–H groups in total. The van der Waals surface area contributed by atoms with Gasteiger partial charge in [-0.15, -0.1) is 0 Å². The van der Waals surface area contributed by atoms with Crippen molar-refractivity contribution in [2.75, 3.05) is 7.11 Å². The standard InChI is InChI=1S/C12H11Cl2NO2/c1-17-12(16)11(15)4-2-3-8-5-9(13)7-10(14)6-8/h5-7,11H,4,15H2,1H3. The first-order valence-corrected chi connectivity index (χ1v) is 5.57. The fourth-order valence-electron chi connectivity index (χ4n) is 1.12. The van der Waals surface area contributed by atoms with Crippen LogP contribution in [0.2, 0.25) is 10.0 Å². The number of ether oxygens (including phenoxy) is 1. The smallest absolute Gasteiger partial charge is 0.323 e. The van der Waals surface area contributed by atoms with Gasteiger partial charge in [-0.1, -0.05) is 35.0 Å². The molecule has 0 aliphatic carbocycles.